The van der Waals surface area contributed by atoms with Gasteiger partial charge in [-0.15, -0.1) is 0 Å². The Labute approximate surface area is 103 Å². The van der Waals surface area contributed by atoms with Crippen LogP contribution in [0.25, 0.3) is 0 Å². The molecule has 0 aliphatic heterocycles. The van der Waals surface area contributed by atoms with E-state index in [9.17, 15) is 0 Å². The van der Waals surface area contributed by atoms with Gasteiger partial charge in [-0.25, -0.2) is 0 Å². The normalized spacial score (nSPS) is 10.6. The Kier molecular flexibility index (Phi) is 4.26. The predicted molar refractivity (Wildman–Crippen MR) is 68.8 cm³/mol. The van der Waals surface area contributed by atoms with Crippen LogP contribution < -0.4 is 8.92 Å². The number of benzene rings is 1. The van der Waals surface area contributed by atoms with Crippen molar-refractivity contribution in [2.45, 2.75) is 26.2 Å². The van der Waals surface area contributed by atoms with Crippen LogP contribution in [0.3, 0.4) is 0 Å². The topological polar surface area (TPSA) is 13.1 Å². The SMILES string of the molecule is CCCCc1occc1[Se]c1ccccc1. The first-order chi connectivity index (χ1) is 7.90. The van der Waals surface area contributed by atoms with Crippen LogP contribution in [0.15, 0.2) is 47.1 Å². The Balaban J connectivity index is 2.07. The van der Waals surface area contributed by atoms with Gasteiger partial charge in [0, 0.05) is 0 Å². The van der Waals surface area contributed by atoms with Crippen molar-refractivity contribution in [1.29, 1.82) is 0 Å². The molecule has 1 heterocycles. The monoisotopic (exact) mass is 280 g/mol. The van der Waals surface area contributed by atoms with Crippen molar-refractivity contribution in [3.63, 3.8) is 0 Å². The van der Waals surface area contributed by atoms with Crippen LogP contribution in [0.1, 0.15) is 25.5 Å². The summed E-state index contributed by atoms with van der Waals surface area (Å²) in [5, 5.41) is 0. The number of aryl methyl sites for hydroxylation is 1. The number of rotatable bonds is 5. The summed E-state index contributed by atoms with van der Waals surface area (Å²) < 4.78 is 8.36. The molecule has 2 heteroatoms. The van der Waals surface area contributed by atoms with Gasteiger partial charge in [-0.1, -0.05) is 0 Å². The molecule has 0 bridgehead atoms. The first kappa shape index (κ1) is 11.5. The fourth-order valence-electron chi connectivity index (χ4n) is 1.55. The van der Waals surface area contributed by atoms with Gasteiger partial charge in [-0.2, -0.15) is 0 Å². The zero-order valence-corrected chi connectivity index (χ0v) is 11.2. The second kappa shape index (κ2) is 5.93. The fourth-order valence-corrected chi connectivity index (χ4v) is 3.52. The molecule has 1 aromatic heterocycles. The molecule has 1 aromatic carbocycles. The van der Waals surface area contributed by atoms with Crippen LogP contribution in [-0.4, -0.2) is 15.0 Å². The van der Waals surface area contributed by atoms with E-state index >= 15 is 0 Å². The van der Waals surface area contributed by atoms with E-state index in [1.807, 2.05) is 6.26 Å². The molecular weight excluding hydrogens is 263 g/mol. The van der Waals surface area contributed by atoms with Gasteiger partial charge >= 0.3 is 103 Å². The molecule has 0 saturated carbocycles. The summed E-state index contributed by atoms with van der Waals surface area (Å²) in [6, 6.07) is 12.8. The molecule has 1 nitrogen and oxygen atoms in total. The minimum absolute atomic E-state index is 0.386. The standard InChI is InChI=1S/C14H16OSe/c1-2-3-9-13-14(10-11-15-13)16-12-7-5-4-6-8-12/h4-8,10-11H,2-3,9H2,1H3. The van der Waals surface area contributed by atoms with E-state index in [1.165, 1.54) is 27.5 Å². The van der Waals surface area contributed by atoms with Crippen LogP contribution >= 0.6 is 0 Å². The number of unbranched alkanes of at least 4 members (excludes halogenated alkanes) is 1. The molecule has 0 atom stereocenters. The van der Waals surface area contributed by atoms with Crippen LogP contribution in [0.2, 0.25) is 0 Å². The third-order valence-electron chi connectivity index (χ3n) is 2.43. The summed E-state index contributed by atoms with van der Waals surface area (Å²) in [7, 11) is 0. The van der Waals surface area contributed by atoms with Crippen LogP contribution in [0.4, 0.5) is 0 Å². The van der Waals surface area contributed by atoms with Gasteiger partial charge in [0.1, 0.15) is 0 Å². The van der Waals surface area contributed by atoms with Gasteiger partial charge in [0.05, 0.1) is 0 Å². The van der Waals surface area contributed by atoms with E-state index in [1.54, 1.807) is 0 Å². The first-order valence-corrected chi connectivity index (χ1v) is 7.40. The quantitative estimate of drug-likeness (QED) is 0.765. The molecule has 0 aliphatic rings. The Morgan fingerprint density at radius 3 is 2.69 bits per heavy atom. The van der Waals surface area contributed by atoms with Crippen molar-refractivity contribution in [3.05, 3.63) is 48.4 Å². The van der Waals surface area contributed by atoms with Crippen LogP contribution in [0, 0.1) is 0 Å². The molecule has 0 fully saturated rings. The second-order valence-electron chi connectivity index (χ2n) is 3.73. The summed E-state index contributed by atoms with van der Waals surface area (Å²) in [4.78, 5) is 0. The number of hydrogen-bond donors (Lipinski definition) is 0. The molecule has 0 aliphatic carbocycles. The maximum atomic E-state index is 5.55. The second-order valence-corrected chi connectivity index (χ2v) is 6.07. The van der Waals surface area contributed by atoms with E-state index in [0.29, 0.717) is 15.0 Å². The molecule has 16 heavy (non-hydrogen) atoms. The summed E-state index contributed by atoms with van der Waals surface area (Å²) >= 11 is 0.386. The molecule has 0 saturated heterocycles. The molecule has 0 unspecified atom stereocenters. The van der Waals surface area contributed by atoms with E-state index in [4.69, 9.17) is 4.42 Å². The third-order valence-corrected chi connectivity index (χ3v) is 4.72. The van der Waals surface area contributed by atoms with Crippen molar-refractivity contribution in [2.24, 2.45) is 0 Å². The van der Waals surface area contributed by atoms with E-state index in [0.717, 1.165) is 6.42 Å². The average Bonchev–Trinajstić information content (AvgIpc) is 2.75. The Bertz CT molecular complexity index is 419. The Hall–Kier alpha value is -0.981. The van der Waals surface area contributed by atoms with Gasteiger partial charge in [-0.05, 0) is 0 Å². The van der Waals surface area contributed by atoms with Gasteiger partial charge in [0.2, 0.25) is 0 Å². The number of furan rings is 1. The minimum atomic E-state index is 0.386. The molecular formula is C14H16OSe. The van der Waals surface area contributed by atoms with Gasteiger partial charge < -0.3 is 0 Å². The van der Waals surface area contributed by atoms with Crippen molar-refractivity contribution >= 4 is 23.9 Å². The van der Waals surface area contributed by atoms with Gasteiger partial charge in [0.25, 0.3) is 0 Å². The fraction of sp³-hybridized carbons (Fsp3) is 0.286. The van der Waals surface area contributed by atoms with E-state index in [2.05, 4.69) is 43.3 Å². The molecule has 0 N–H and O–H groups in total. The predicted octanol–water partition coefficient (Wildman–Crippen LogP) is 2.28. The van der Waals surface area contributed by atoms with Crippen molar-refractivity contribution in [1.82, 2.24) is 0 Å². The summed E-state index contributed by atoms with van der Waals surface area (Å²) in [6.45, 7) is 2.21. The summed E-state index contributed by atoms with van der Waals surface area (Å²) in [5.74, 6) is 1.19. The third kappa shape index (κ3) is 3.00. The average molecular weight is 279 g/mol. The summed E-state index contributed by atoms with van der Waals surface area (Å²) in [6.07, 6.45) is 5.34. The van der Waals surface area contributed by atoms with Crippen LogP contribution in [-0.2, 0) is 6.42 Å². The molecule has 2 aromatic rings. The zero-order chi connectivity index (χ0) is 11.2. The van der Waals surface area contributed by atoms with Gasteiger partial charge in [-0.3, -0.25) is 0 Å². The molecule has 84 valence electrons. The van der Waals surface area contributed by atoms with Crippen molar-refractivity contribution in [2.75, 3.05) is 0 Å². The first-order valence-electron chi connectivity index (χ1n) is 5.69. The van der Waals surface area contributed by atoms with E-state index in [-0.39, 0.29) is 0 Å². The molecule has 0 radical (unpaired) electrons. The number of hydrogen-bond acceptors (Lipinski definition) is 1. The van der Waals surface area contributed by atoms with Crippen LogP contribution in [0.5, 0.6) is 0 Å². The molecule has 0 spiro atoms. The molecule has 0 amide bonds. The van der Waals surface area contributed by atoms with Gasteiger partial charge in [0.15, 0.2) is 0 Å². The Morgan fingerprint density at radius 1 is 1.12 bits per heavy atom. The molecule has 2 rings (SSSR count). The van der Waals surface area contributed by atoms with Crippen molar-refractivity contribution < 1.29 is 4.42 Å². The summed E-state index contributed by atoms with van der Waals surface area (Å²) in [5.41, 5.74) is 0. The van der Waals surface area contributed by atoms with Crippen molar-refractivity contribution in [3.8, 4) is 0 Å². The Morgan fingerprint density at radius 2 is 1.94 bits per heavy atom. The zero-order valence-electron chi connectivity index (χ0n) is 9.48. The maximum absolute atomic E-state index is 5.55. The van der Waals surface area contributed by atoms with E-state index < -0.39 is 0 Å².